The molecule has 86 heavy (non-hydrogen) atoms. The van der Waals surface area contributed by atoms with Crippen LogP contribution in [0.25, 0.3) is 0 Å². The molecule has 21 aliphatic rings. The van der Waals surface area contributed by atoms with Gasteiger partial charge in [-0.25, -0.2) is 4.18 Å². The number of hydrogen-bond acceptors (Lipinski definition) is 39. The summed E-state index contributed by atoms with van der Waals surface area (Å²) in [5.41, 5.74) is 0. The molecule has 0 aliphatic carbocycles. The Kier molecular flexibility index (Phi) is 25.8. The van der Waals surface area contributed by atoms with Gasteiger partial charge in [0.25, 0.3) is 0 Å². The molecule has 0 radical (unpaired) electrons. The Morgan fingerprint density at radius 3 is 0.523 bits per heavy atom. The van der Waals surface area contributed by atoms with Crippen molar-refractivity contribution in [3.05, 3.63) is 0 Å². The summed E-state index contributed by atoms with van der Waals surface area (Å²) >= 11 is 0. The maximum Gasteiger partial charge on any atom is 0.399 e. The fraction of sp³-hybridized carbons (Fsp3) is 1.00. The minimum atomic E-state index is -4.49. The molecule has 0 aromatic rings. The smallest absolute Gasteiger partial charge is 0.394 e. The van der Waals surface area contributed by atoms with E-state index < -0.39 is 278 Å². The molecule has 14 bridgehead atoms. The van der Waals surface area contributed by atoms with Crippen LogP contribution in [0.1, 0.15) is 13.3 Å². The zero-order valence-corrected chi connectivity index (χ0v) is 45.9. The molecule has 21 saturated heterocycles. The number of hydrogen-bond donors (Lipinski definition) is 23. The van der Waals surface area contributed by atoms with Crippen LogP contribution in [0, 0.1) is 0 Å². The highest BCUT2D eigenvalue weighted by atomic mass is 32.3. The van der Waals surface area contributed by atoms with Crippen LogP contribution in [0.5, 0.6) is 0 Å². The van der Waals surface area contributed by atoms with Gasteiger partial charge in [0, 0.05) is 0 Å². The molecule has 36 atom stereocenters. The number of aliphatic hydroxyl groups is 22. The third kappa shape index (κ3) is 15.6. The first kappa shape index (κ1) is 71.9. The standard InChI is InChI=1S/C42H70O35.C3H8O5S/c43-1-8-29-15(50)22(57)36(64-8)72-30-9(2-44)66-38(24(59)17(30)52)74-32-11(4-46)68-40(26(61)19(32)54)76-34-13(6-48)70-42(28(63)21(34)56)77-35-14(7-49)69-41(27(62)20(35)55)75-33-12(5-47)67-39(25(60)18(33)53)73-31-10(3-45)65-37(71-29)23(58)16(31)51;1-2-3(4)8-9(5,6)7/h8-63H,1-7H2;3-4H,2H2,1H3,(H,5,6,7)/t8-,9-,10-,11-,12-,13-,14-,15-,16-,17-,18-,19-,20-,21-,22-,23-,24-,25-,26-,27-,28-,29-,30-,31-,32-,33-,34-,35-,36-,37-,38-,39-,40-,41-,42-;/m1./s1. The molecule has 40 nitrogen and oxygen atoms in total. The molecule has 0 aromatic heterocycles. The minimum Gasteiger partial charge on any atom is -0.394 e. The molecule has 21 aliphatic heterocycles. The van der Waals surface area contributed by atoms with Gasteiger partial charge in [0.1, 0.15) is 171 Å². The number of aliphatic hydroxyl groups excluding tert-OH is 22. The summed E-state index contributed by atoms with van der Waals surface area (Å²) in [5.74, 6) is 0. The molecule has 504 valence electrons. The molecule has 23 N–H and O–H groups in total. The van der Waals surface area contributed by atoms with Crippen molar-refractivity contribution in [2.24, 2.45) is 0 Å². The van der Waals surface area contributed by atoms with Gasteiger partial charge < -0.3 is 179 Å². The van der Waals surface area contributed by atoms with E-state index in [2.05, 4.69) is 4.18 Å². The highest BCUT2D eigenvalue weighted by Crippen LogP contribution is 2.39. The van der Waals surface area contributed by atoms with Gasteiger partial charge >= 0.3 is 10.4 Å². The van der Waals surface area contributed by atoms with Crippen LogP contribution in [0.4, 0.5) is 0 Å². The van der Waals surface area contributed by atoms with Gasteiger partial charge in [-0.05, 0) is 6.42 Å². The average molecular weight is 1290 g/mol. The third-order valence-corrected chi connectivity index (χ3v) is 15.8. The van der Waals surface area contributed by atoms with Crippen LogP contribution in [-0.4, -0.2) is 393 Å². The summed E-state index contributed by atoms with van der Waals surface area (Å²) < 4.78 is 111. The van der Waals surface area contributed by atoms with Crippen molar-refractivity contribution >= 4 is 10.4 Å². The Morgan fingerprint density at radius 2 is 0.430 bits per heavy atom. The zero-order chi connectivity index (χ0) is 63.5. The van der Waals surface area contributed by atoms with Gasteiger partial charge in [-0.1, -0.05) is 6.92 Å². The Bertz CT molecular complexity index is 1800. The van der Waals surface area contributed by atoms with Crippen LogP contribution < -0.4 is 0 Å². The Morgan fingerprint density at radius 1 is 0.291 bits per heavy atom. The van der Waals surface area contributed by atoms with Gasteiger partial charge in [-0.3, -0.25) is 4.55 Å². The summed E-state index contributed by atoms with van der Waals surface area (Å²) in [6, 6.07) is 0. The average Bonchev–Trinajstić information content (AvgIpc) is 0.916. The predicted molar refractivity (Wildman–Crippen MR) is 257 cm³/mol. The second-order valence-corrected chi connectivity index (χ2v) is 22.1. The molecular weight excluding hydrogens is 1210 g/mol. The van der Waals surface area contributed by atoms with Crippen molar-refractivity contribution in [2.45, 2.75) is 235 Å². The first-order chi connectivity index (χ1) is 40.6. The number of rotatable bonds is 10. The highest BCUT2D eigenvalue weighted by Gasteiger charge is 2.59. The van der Waals surface area contributed by atoms with Crippen LogP contribution >= 0.6 is 0 Å². The topological polar surface area (TPSA) is 638 Å². The SMILES string of the molecule is CCC(O)OS(=O)(=O)O.OC[C@H]1O[C@@H]2O[C@H]3[C@H](O)[C@@H](O)[C@@H](O[C@H]4[C@H](O)[C@@H](O)[C@@H](O[C@H]5[C@H](O)[C@@H](O)[C@@H](O[C@H]6[C@H](O)[C@@H](O)[C@@H](O[C@H]7[C@H](O)[C@@H](O)[C@@H](O[C@H]8[C@H](O)[C@@H](O)[C@@H](O[C@H]1[C@H](O)[C@H]2O)O[C@@H]8CO)O[C@@H]7CO)O[C@@H]6CO)O[C@@H]5CO)O[C@@H]4CO)O[C@@H]3CO. The Balaban J connectivity index is 0.00000109. The normalized spacial score (nSPS) is 51.2. The van der Waals surface area contributed by atoms with Gasteiger partial charge in [0.05, 0.1) is 46.2 Å². The molecule has 1 unspecified atom stereocenters. The summed E-state index contributed by atoms with van der Waals surface area (Å²) in [5, 5.41) is 239. The summed E-state index contributed by atoms with van der Waals surface area (Å²) in [4.78, 5) is 0. The van der Waals surface area contributed by atoms with Crippen molar-refractivity contribution < 1.29 is 196 Å². The van der Waals surface area contributed by atoms with E-state index in [0.717, 1.165) is 0 Å². The van der Waals surface area contributed by atoms with Crippen LogP contribution in [0.3, 0.4) is 0 Å². The van der Waals surface area contributed by atoms with Crippen molar-refractivity contribution in [3.8, 4) is 0 Å². The summed E-state index contributed by atoms with van der Waals surface area (Å²) in [6.07, 6.45) is -71.6. The predicted octanol–water partition coefficient (Wildman–Crippen LogP) is -15.7. The molecule has 0 amide bonds. The Labute approximate surface area is 486 Å². The van der Waals surface area contributed by atoms with Crippen molar-refractivity contribution in [1.82, 2.24) is 0 Å². The van der Waals surface area contributed by atoms with E-state index in [4.69, 9.17) is 76.0 Å². The maximum absolute atomic E-state index is 11.3. The van der Waals surface area contributed by atoms with Gasteiger partial charge in [-0.2, -0.15) is 8.42 Å². The fourth-order valence-corrected chi connectivity index (χ4v) is 11.0. The van der Waals surface area contributed by atoms with Crippen LogP contribution in [0.2, 0.25) is 0 Å². The number of ether oxygens (including phenoxy) is 14. The Hall–Kier alpha value is -1.57. The lowest BCUT2D eigenvalue weighted by atomic mass is 9.95. The lowest BCUT2D eigenvalue weighted by Crippen LogP contribution is -2.68. The van der Waals surface area contributed by atoms with E-state index >= 15 is 0 Å². The lowest BCUT2D eigenvalue weighted by Gasteiger charge is -2.50. The molecular formula is C45H78O40S. The second-order valence-electron chi connectivity index (χ2n) is 21.0. The van der Waals surface area contributed by atoms with E-state index in [9.17, 15) is 116 Å². The zero-order valence-electron chi connectivity index (χ0n) is 45.1. The van der Waals surface area contributed by atoms with Crippen molar-refractivity contribution in [2.75, 3.05) is 46.2 Å². The van der Waals surface area contributed by atoms with Gasteiger partial charge in [0.2, 0.25) is 0 Å². The first-order valence-corrected chi connectivity index (χ1v) is 28.3. The maximum atomic E-state index is 11.3. The van der Waals surface area contributed by atoms with Crippen LogP contribution in [-0.2, 0) is 80.9 Å². The van der Waals surface area contributed by atoms with Crippen molar-refractivity contribution in [3.63, 3.8) is 0 Å². The molecule has 21 fully saturated rings. The van der Waals surface area contributed by atoms with Crippen molar-refractivity contribution in [1.29, 1.82) is 0 Å². The van der Waals surface area contributed by atoms with Crippen LogP contribution in [0.15, 0.2) is 0 Å². The largest absolute Gasteiger partial charge is 0.399 e. The highest BCUT2D eigenvalue weighted by molar-refractivity contribution is 7.80. The van der Waals surface area contributed by atoms with E-state index in [-0.39, 0.29) is 6.42 Å². The first-order valence-electron chi connectivity index (χ1n) is 26.9. The monoisotopic (exact) mass is 1290 g/mol. The molecule has 0 saturated carbocycles. The molecule has 0 spiro atoms. The second kappa shape index (κ2) is 30.9. The molecule has 0 aromatic carbocycles. The summed E-state index contributed by atoms with van der Waals surface area (Å²) in [6.45, 7) is -5.82. The quantitative estimate of drug-likeness (QED) is 0.0713. The van der Waals surface area contributed by atoms with Gasteiger partial charge in [-0.15, -0.1) is 0 Å². The summed E-state index contributed by atoms with van der Waals surface area (Å²) in [7, 11) is -4.49. The molecule has 41 heteroatoms. The van der Waals surface area contributed by atoms with E-state index in [0.29, 0.717) is 0 Å². The minimum absolute atomic E-state index is 0.111. The molecule has 21 heterocycles. The van der Waals surface area contributed by atoms with E-state index in [1.165, 1.54) is 6.92 Å². The van der Waals surface area contributed by atoms with E-state index in [1.807, 2.05) is 0 Å². The lowest BCUT2D eigenvalue weighted by molar-refractivity contribution is -0.396. The third-order valence-electron chi connectivity index (χ3n) is 15.4. The van der Waals surface area contributed by atoms with E-state index in [1.54, 1.807) is 0 Å². The van der Waals surface area contributed by atoms with Gasteiger partial charge in [0.15, 0.2) is 50.3 Å². The fourth-order valence-electron chi connectivity index (χ4n) is 10.6. The molecule has 21 rings (SSSR count).